The first-order valence-corrected chi connectivity index (χ1v) is 11.8. The average molecular weight is 454 g/mol. The van der Waals surface area contributed by atoms with Crippen molar-refractivity contribution in [3.05, 3.63) is 53.4 Å². The van der Waals surface area contributed by atoms with Gasteiger partial charge < -0.3 is 14.3 Å². The van der Waals surface area contributed by atoms with E-state index in [0.29, 0.717) is 28.5 Å². The van der Waals surface area contributed by atoms with E-state index in [1.807, 2.05) is 17.6 Å². The molecule has 5 rings (SSSR count). The summed E-state index contributed by atoms with van der Waals surface area (Å²) in [5.41, 5.74) is 1.55. The fraction of sp³-hybridized carbons (Fsp3) is 0.440. The summed E-state index contributed by atoms with van der Waals surface area (Å²) in [6, 6.07) is 10.8. The van der Waals surface area contributed by atoms with E-state index in [4.69, 9.17) is 16.0 Å². The maximum atomic E-state index is 13.8. The van der Waals surface area contributed by atoms with E-state index in [0.717, 1.165) is 31.2 Å². The van der Waals surface area contributed by atoms with Gasteiger partial charge in [-0.1, -0.05) is 43.7 Å². The van der Waals surface area contributed by atoms with Crippen LogP contribution in [-0.4, -0.2) is 28.0 Å². The number of fused-ring (bicyclic) bond motifs is 3. The Morgan fingerprint density at radius 1 is 1.09 bits per heavy atom. The van der Waals surface area contributed by atoms with Gasteiger partial charge in [0.2, 0.25) is 5.91 Å². The first kappa shape index (κ1) is 21.1. The fourth-order valence-electron chi connectivity index (χ4n) is 5.15. The number of hydrogen-bond donors (Lipinski definition) is 1. The number of nitrogens with zero attached hydrogens (tertiary/aromatic N) is 2. The summed E-state index contributed by atoms with van der Waals surface area (Å²) >= 11 is 6.10. The molecule has 1 atom stereocenters. The van der Waals surface area contributed by atoms with E-state index in [1.165, 1.54) is 19.3 Å². The van der Waals surface area contributed by atoms with Crippen LogP contribution in [0.2, 0.25) is 5.02 Å². The number of carbonyl (C=O) groups excluding carboxylic acids is 2. The van der Waals surface area contributed by atoms with Gasteiger partial charge in [-0.15, -0.1) is 0 Å². The molecule has 3 aromatic rings. The van der Waals surface area contributed by atoms with Crippen LogP contribution in [0.5, 0.6) is 0 Å². The number of hydrogen-bond acceptors (Lipinski definition) is 3. The zero-order valence-electron chi connectivity index (χ0n) is 18.3. The fourth-order valence-corrected chi connectivity index (χ4v) is 5.27. The van der Waals surface area contributed by atoms with E-state index >= 15 is 0 Å². The summed E-state index contributed by atoms with van der Waals surface area (Å²) in [6.07, 6.45) is 9.52. The van der Waals surface area contributed by atoms with Crippen LogP contribution < -0.4 is 10.2 Å². The third kappa shape index (κ3) is 3.60. The highest BCUT2D eigenvalue weighted by molar-refractivity contribution is 6.30. The Kier molecular flexibility index (Phi) is 5.49. The van der Waals surface area contributed by atoms with Crippen LogP contribution >= 0.6 is 11.6 Å². The number of nitrogens with one attached hydrogen (secondary N) is 1. The SMILES string of the molecule is CC1(C(=O)NC2CCCCCCC2)Cn2c(cc3occc32)C(=O)N1c1ccc(Cl)cc1. The molecule has 1 unspecified atom stereocenters. The van der Waals surface area contributed by atoms with Crippen LogP contribution in [0.3, 0.4) is 0 Å². The minimum Gasteiger partial charge on any atom is -0.463 e. The van der Waals surface area contributed by atoms with Crippen LogP contribution in [0.1, 0.15) is 62.4 Å². The molecule has 1 saturated carbocycles. The Morgan fingerprint density at radius 3 is 2.50 bits per heavy atom. The van der Waals surface area contributed by atoms with Crippen molar-refractivity contribution in [2.24, 2.45) is 0 Å². The van der Waals surface area contributed by atoms with Gasteiger partial charge in [-0.3, -0.25) is 14.5 Å². The molecule has 3 heterocycles. The number of aromatic nitrogens is 1. The van der Waals surface area contributed by atoms with Crippen LogP contribution in [-0.2, 0) is 11.3 Å². The van der Waals surface area contributed by atoms with Crippen molar-refractivity contribution in [1.29, 1.82) is 0 Å². The highest BCUT2D eigenvalue weighted by Crippen LogP contribution is 2.36. The van der Waals surface area contributed by atoms with Gasteiger partial charge in [-0.2, -0.15) is 0 Å². The first-order valence-electron chi connectivity index (χ1n) is 11.5. The molecule has 6 nitrogen and oxygen atoms in total. The summed E-state index contributed by atoms with van der Waals surface area (Å²) in [5.74, 6) is -0.345. The normalized spacial score (nSPS) is 22.4. The predicted octanol–water partition coefficient (Wildman–Crippen LogP) is 5.54. The molecule has 1 fully saturated rings. The van der Waals surface area contributed by atoms with E-state index < -0.39 is 5.54 Å². The minimum atomic E-state index is -1.09. The number of rotatable bonds is 3. The van der Waals surface area contributed by atoms with Gasteiger partial charge in [0.1, 0.15) is 11.2 Å². The molecular formula is C25H28ClN3O3. The Morgan fingerprint density at radius 2 is 1.78 bits per heavy atom. The molecule has 1 aromatic carbocycles. The van der Waals surface area contributed by atoms with Crippen molar-refractivity contribution in [2.75, 3.05) is 4.90 Å². The second-order valence-electron chi connectivity index (χ2n) is 9.19. The highest BCUT2D eigenvalue weighted by atomic mass is 35.5. The smallest absolute Gasteiger partial charge is 0.276 e. The molecule has 0 spiro atoms. The molecule has 7 heteroatoms. The Bertz CT molecular complexity index is 1140. The third-order valence-electron chi connectivity index (χ3n) is 6.92. The van der Waals surface area contributed by atoms with Gasteiger partial charge >= 0.3 is 0 Å². The first-order chi connectivity index (χ1) is 15.5. The summed E-state index contributed by atoms with van der Waals surface area (Å²) in [7, 11) is 0. The van der Waals surface area contributed by atoms with Crippen molar-refractivity contribution >= 4 is 40.2 Å². The van der Waals surface area contributed by atoms with E-state index in [-0.39, 0.29) is 17.9 Å². The van der Waals surface area contributed by atoms with Gasteiger partial charge in [0.15, 0.2) is 5.58 Å². The molecule has 2 aliphatic rings. The Balaban J connectivity index is 1.54. The topological polar surface area (TPSA) is 67.5 Å². The zero-order chi connectivity index (χ0) is 22.3. The molecule has 0 bridgehead atoms. The zero-order valence-corrected chi connectivity index (χ0v) is 19.0. The Hall–Kier alpha value is -2.73. The molecule has 168 valence electrons. The van der Waals surface area contributed by atoms with Crippen LogP contribution in [0.25, 0.3) is 11.1 Å². The lowest BCUT2D eigenvalue weighted by atomic mass is 9.91. The number of amides is 2. The summed E-state index contributed by atoms with van der Waals surface area (Å²) < 4.78 is 7.45. The molecule has 2 aromatic heterocycles. The third-order valence-corrected chi connectivity index (χ3v) is 7.17. The molecule has 0 saturated heterocycles. The molecular weight excluding hydrogens is 426 g/mol. The number of carbonyl (C=O) groups is 2. The van der Waals surface area contributed by atoms with Gasteiger partial charge in [0.25, 0.3) is 5.91 Å². The largest absolute Gasteiger partial charge is 0.463 e. The van der Waals surface area contributed by atoms with Crippen molar-refractivity contribution < 1.29 is 14.0 Å². The Labute approximate surface area is 192 Å². The second-order valence-corrected chi connectivity index (χ2v) is 9.63. The molecule has 1 N–H and O–H groups in total. The maximum Gasteiger partial charge on any atom is 0.276 e. The lowest BCUT2D eigenvalue weighted by Crippen LogP contribution is -2.65. The lowest BCUT2D eigenvalue weighted by Gasteiger charge is -2.44. The van der Waals surface area contributed by atoms with Crippen LogP contribution in [0.4, 0.5) is 5.69 Å². The molecule has 1 aliphatic carbocycles. The van der Waals surface area contributed by atoms with Crippen molar-refractivity contribution in [3.8, 4) is 0 Å². The summed E-state index contributed by atoms with van der Waals surface area (Å²) in [6.45, 7) is 2.20. The highest BCUT2D eigenvalue weighted by Gasteiger charge is 2.49. The molecule has 32 heavy (non-hydrogen) atoms. The molecule has 2 amide bonds. The van der Waals surface area contributed by atoms with Gasteiger partial charge in [0, 0.05) is 28.9 Å². The molecule has 1 aliphatic heterocycles. The maximum absolute atomic E-state index is 13.8. The van der Waals surface area contributed by atoms with Crippen LogP contribution in [0, 0.1) is 0 Å². The van der Waals surface area contributed by atoms with Crippen molar-refractivity contribution in [2.45, 2.75) is 70.0 Å². The van der Waals surface area contributed by atoms with Gasteiger partial charge in [-0.25, -0.2) is 0 Å². The number of halogens is 1. The monoisotopic (exact) mass is 453 g/mol. The van der Waals surface area contributed by atoms with E-state index in [9.17, 15) is 9.59 Å². The second kappa shape index (κ2) is 8.32. The lowest BCUT2D eigenvalue weighted by molar-refractivity contribution is -0.127. The quantitative estimate of drug-likeness (QED) is 0.566. The number of furan rings is 1. The van der Waals surface area contributed by atoms with Gasteiger partial charge in [-0.05, 0) is 44.0 Å². The summed E-state index contributed by atoms with van der Waals surface area (Å²) in [5, 5.41) is 3.88. The van der Waals surface area contributed by atoms with Crippen LogP contribution in [0.15, 0.2) is 47.1 Å². The van der Waals surface area contributed by atoms with Gasteiger partial charge in [0.05, 0.1) is 18.3 Å². The average Bonchev–Trinajstić information content (AvgIpc) is 3.34. The van der Waals surface area contributed by atoms with Crippen molar-refractivity contribution in [3.63, 3.8) is 0 Å². The number of anilines is 1. The predicted molar refractivity (Wildman–Crippen MR) is 125 cm³/mol. The molecule has 0 radical (unpaired) electrons. The standard InChI is InChI=1S/C25H28ClN3O3/c1-25(24(31)27-18-7-5-3-2-4-6-8-18)16-28-20-13-14-32-22(20)15-21(28)23(30)29(25)19-11-9-17(26)10-12-19/h9-15,18H,2-8,16H2,1H3,(H,27,31). The summed E-state index contributed by atoms with van der Waals surface area (Å²) in [4.78, 5) is 29.2. The van der Waals surface area contributed by atoms with E-state index in [1.54, 1.807) is 41.5 Å². The number of benzene rings is 1. The van der Waals surface area contributed by atoms with E-state index in [2.05, 4.69) is 5.32 Å². The minimum absolute atomic E-state index is 0.123. The van der Waals surface area contributed by atoms with Crippen molar-refractivity contribution in [1.82, 2.24) is 9.88 Å².